The van der Waals surface area contributed by atoms with Crippen LogP contribution in [0.5, 0.6) is 5.75 Å². The number of hydrogen-bond acceptors (Lipinski definition) is 3. The normalized spacial score (nSPS) is 31.4. The Hall–Kier alpha value is -1.76. The third kappa shape index (κ3) is 3.61. The average Bonchev–Trinajstić information content (AvgIpc) is 2.95. The largest absolute Gasteiger partial charge is 0.490 e. The molecule has 1 heterocycles. The summed E-state index contributed by atoms with van der Waals surface area (Å²) >= 11 is 0. The van der Waals surface area contributed by atoms with Gasteiger partial charge in [0.15, 0.2) is 0 Å². The molecule has 28 heavy (non-hydrogen) atoms. The minimum Gasteiger partial charge on any atom is -0.490 e. The van der Waals surface area contributed by atoms with Gasteiger partial charge in [0.05, 0.1) is 17.3 Å². The molecule has 3 aliphatic rings. The molecule has 1 aliphatic heterocycles. The van der Waals surface area contributed by atoms with Crippen molar-refractivity contribution >= 4 is 5.91 Å². The Morgan fingerprint density at radius 2 is 1.93 bits per heavy atom. The number of amides is 1. The van der Waals surface area contributed by atoms with Gasteiger partial charge < -0.3 is 14.7 Å². The van der Waals surface area contributed by atoms with E-state index >= 15 is 0 Å². The number of carbonyl (C=O) groups is 1. The van der Waals surface area contributed by atoms with Crippen LogP contribution in [0.15, 0.2) is 18.2 Å². The van der Waals surface area contributed by atoms with E-state index in [1.165, 1.54) is 6.07 Å². The van der Waals surface area contributed by atoms with E-state index in [2.05, 4.69) is 0 Å². The first-order valence-electron chi connectivity index (χ1n) is 9.82. The topological polar surface area (TPSA) is 49.8 Å². The zero-order valence-electron chi connectivity index (χ0n) is 16.2. The quantitative estimate of drug-likeness (QED) is 0.841. The summed E-state index contributed by atoms with van der Waals surface area (Å²) in [6.45, 7) is 4.83. The van der Waals surface area contributed by atoms with Crippen molar-refractivity contribution in [1.82, 2.24) is 4.90 Å². The zero-order chi connectivity index (χ0) is 20.3. The van der Waals surface area contributed by atoms with Gasteiger partial charge in [-0.15, -0.1) is 0 Å². The summed E-state index contributed by atoms with van der Waals surface area (Å²) < 4.78 is 44.4. The van der Waals surface area contributed by atoms with Crippen LogP contribution in [0.25, 0.3) is 0 Å². The number of alkyl halides is 3. The van der Waals surface area contributed by atoms with Gasteiger partial charge in [-0.3, -0.25) is 4.79 Å². The molecule has 4 nitrogen and oxygen atoms in total. The Balaban J connectivity index is 1.30. The molecule has 1 aromatic rings. The van der Waals surface area contributed by atoms with E-state index in [0.29, 0.717) is 24.2 Å². The Labute approximate surface area is 162 Å². The van der Waals surface area contributed by atoms with Crippen LogP contribution in [-0.4, -0.2) is 40.7 Å². The van der Waals surface area contributed by atoms with Gasteiger partial charge in [0, 0.05) is 24.4 Å². The number of likely N-dealkylation sites (tertiary alicyclic amines) is 1. The third-order valence-corrected chi connectivity index (χ3v) is 6.54. The van der Waals surface area contributed by atoms with Gasteiger partial charge in [-0.1, -0.05) is 0 Å². The number of benzene rings is 1. The van der Waals surface area contributed by atoms with Crippen LogP contribution in [0.4, 0.5) is 13.2 Å². The first-order valence-corrected chi connectivity index (χ1v) is 9.82. The molecule has 4 rings (SSSR count). The summed E-state index contributed by atoms with van der Waals surface area (Å²) in [4.78, 5) is 14.3. The summed E-state index contributed by atoms with van der Waals surface area (Å²) in [6.07, 6.45) is -0.680. The molecule has 154 valence electrons. The van der Waals surface area contributed by atoms with Crippen LogP contribution in [-0.2, 0) is 11.0 Å². The first kappa shape index (κ1) is 19.6. The fraction of sp³-hybridized carbons (Fsp3) is 0.667. The highest BCUT2D eigenvalue weighted by Crippen LogP contribution is 2.49. The molecule has 1 saturated heterocycles. The van der Waals surface area contributed by atoms with E-state index in [0.717, 1.165) is 44.5 Å². The molecule has 2 saturated carbocycles. The highest BCUT2D eigenvalue weighted by Gasteiger charge is 2.53. The maximum Gasteiger partial charge on any atom is 0.416 e. The number of carbonyl (C=O) groups excluding carboxylic acids is 1. The Bertz CT molecular complexity index is 776. The van der Waals surface area contributed by atoms with E-state index in [1.807, 2.05) is 4.90 Å². The first-order chi connectivity index (χ1) is 13.0. The minimum atomic E-state index is -4.35. The van der Waals surface area contributed by atoms with Crippen LogP contribution in [0.3, 0.4) is 0 Å². The van der Waals surface area contributed by atoms with Crippen molar-refractivity contribution in [2.75, 3.05) is 13.1 Å². The van der Waals surface area contributed by atoms with Gasteiger partial charge in [0.25, 0.3) is 0 Å². The van der Waals surface area contributed by atoms with Gasteiger partial charge in [0.1, 0.15) is 5.75 Å². The highest BCUT2D eigenvalue weighted by atomic mass is 19.4. The highest BCUT2D eigenvalue weighted by molar-refractivity contribution is 5.81. The molecule has 1 atom stereocenters. The van der Waals surface area contributed by atoms with Gasteiger partial charge in [-0.25, -0.2) is 0 Å². The fourth-order valence-corrected chi connectivity index (χ4v) is 5.03. The van der Waals surface area contributed by atoms with Crippen LogP contribution in [0.2, 0.25) is 0 Å². The van der Waals surface area contributed by atoms with Crippen molar-refractivity contribution in [2.24, 2.45) is 11.3 Å². The van der Waals surface area contributed by atoms with Crippen LogP contribution < -0.4 is 4.74 Å². The molecule has 3 fully saturated rings. The Morgan fingerprint density at radius 3 is 2.50 bits per heavy atom. The Morgan fingerprint density at radius 1 is 1.25 bits per heavy atom. The lowest BCUT2D eigenvalue weighted by molar-refractivity contribution is -0.161. The molecule has 0 radical (unpaired) electrons. The van der Waals surface area contributed by atoms with Crippen LogP contribution >= 0.6 is 0 Å². The molecule has 1 N–H and O–H groups in total. The number of aliphatic hydroxyl groups is 1. The molecular formula is C21H26F3NO3. The van der Waals surface area contributed by atoms with Crippen molar-refractivity contribution in [3.63, 3.8) is 0 Å². The lowest BCUT2D eigenvalue weighted by atomic mass is 9.70. The molecule has 2 aliphatic carbocycles. The van der Waals surface area contributed by atoms with Crippen molar-refractivity contribution in [3.05, 3.63) is 29.3 Å². The van der Waals surface area contributed by atoms with Gasteiger partial charge >= 0.3 is 6.18 Å². The van der Waals surface area contributed by atoms with Crippen molar-refractivity contribution < 1.29 is 27.8 Å². The monoisotopic (exact) mass is 397 g/mol. The summed E-state index contributed by atoms with van der Waals surface area (Å²) in [5.41, 5.74) is -0.803. The van der Waals surface area contributed by atoms with Gasteiger partial charge in [-0.05, 0) is 69.7 Å². The number of hydrogen-bond donors (Lipinski definition) is 1. The second-order valence-corrected chi connectivity index (χ2v) is 9.26. The number of nitrogens with zero attached hydrogens (tertiary/aromatic N) is 1. The number of aryl methyl sites for hydroxylation is 1. The molecule has 0 unspecified atom stereocenters. The lowest BCUT2D eigenvalue weighted by Crippen LogP contribution is -2.61. The number of halogens is 3. The molecule has 1 aromatic carbocycles. The van der Waals surface area contributed by atoms with E-state index in [9.17, 15) is 23.1 Å². The predicted octanol–water partition coefficient (Wildman–Crippen LogP) is 3.93. The smallest absolute Gasteiger partial charge is 0.416 e. The van der Waals surface area contributed by atoms with Crippen molar-refractivity contribution in [2.45, 2.75) is 63.8 Å². The van der Waals surface area contributed by atoms with Crippen LogP contribution in [0, 0.1) is 18.3 Å². The molecule has 7 heteroatoms. The van der Waals surface area contributed by atoms with E-state index in [-0.39, 0.29) is 23.3 Å². The summed E-state index contributed by atoms with van der Waals surface area (Å²) in [6, 6.07) is 3.59. The summed E-state index contributed by atoms with van der Waals surface area (Å²) in [7, 11) is 0. The maximum absolute atomic E-state index is 12.8. The third-order valence-electron chi connectivity index (χ3n) is 6.54. The van der Waals surface area contributed by atoms with E-state index in [1.54, 1.807) is 13.8 Å². The number of ether oxygens (including phenoxy) is 1. The second kappa shape index (κ2) is 6.37. The maximum atomic E-state index is 12.8. The summed E-state index contributed by atoms with van der Waals surface area (Å²) in [5, 5.41) is 9.82. The van der Waals surface area contributed by atoms with E-state index in [4.69, 9.17) is 4.74 Å². The van der Waals surface area contributed by atoms with E-state index < -0.39 is 17.3 Å². The zero-order valence-corrected chi connectivity index (χ0v) is 16.2. The van der Waals surface area contributed by atoms with Gasteiger partial charge in [-0.2, -0.15) is 13.2 Å². The Kier molecular flexibility index (Phi) is 4.45. The standard InChI is InChI=1S/C21H26F3NO3/c1-13-7-15(21(22,23)24)3-4-17(13)28-16-5-6-20(10-16)11-25(12-20)18(26)14-8-19(2,27)9-14/h3-4,7,14,16,27H,5-6,8-12H2,1-2H3/t14?,16-,19?/m1/s1. The average molecular weight is 397 g/mol. The molecule has 1 amide bonds. The second-order valence-electron chi connectivity index (χ2n) is 9.26. The molecule has 0 aromatic heterocycles. The molecule has 1 spiro atoms. The minimum absolute atomic E-state index is 0.0304. The predicted molar refractivity (Wildman–Crippen MR) is 96.8 cm³/mol. The molecular weight excluding hydrogens is 371 g/mol. The summed E-state index contributed by atoms with van der Waals surface area (Å²) in [5.74, 6) is 0.578. The van der Waals surface area contributed by atoms with Crippen molar-refractivity contribution in [3.8, 4) is 5.75 Å². The molecule has 0 bridgehead atoms. The lowest BCUT2D eigenvalue weighted by Gasteiger charge is -2.51. The van der Waals surface area contributed by atoms with Crippen molar-refractivity contribution in [1.29, 1.82) is 0 Å². The number of rotatable bonds is 3. The fourth-order valence-electron chi connectivity index (χ4n) is 5.03. The van der Waals surface area contributed by atoms with Gasteiger partial charge in [0.2, 0.25) is 5.91 Å². The van der Waals surface area contributed by atoms with Crippen LogP contribution in [0.1, 0.15) is 50.2 Å². The SMILES string of the molecule is Cc1cc(C(F)(F)F)ccc1O[C@@H]1CCC2(C1)CN(C(=O)C1CC(C)(O)C1)C2.